The van der Waals surface area contributed by atoms with E-state index in [1.165, 1.54) is 12.8 Å². The summed E-state index contributed by atoms with van der Waals surface area (Å²) in [5, 5.41) is 11.4. The predicted molar refractivity (Wildman–Crippen MR) is 133 cm³/mol. The van der Waals surface area contributed by atoms with E-state index in [0.717, 1.165) is 16.3 Å². The summed E-state index contributed by atoms with van der Waals surface area (Å²) in [5.74, 6) is -0.0442. The van der Waals surface area contributed by atoms with E-state index in [1.54, 1.807) is 35.0 Å². The maximum Gasteiger partial charge on any atom is 0.275 e. The first-order valence-corrected chi connectivity index (χ1v) is 13.6. The third kappa shape index (κ3) is 5.38. The summed E-state index contributed by atoms with van der Waals surface area (Å²) in [4.78, 5) is 25.2. The zero-order valence-electron chi connectivity index (χ0n) is 19.0. The van der Waals surface area contributed by atoms with Crippen LogP contribution in [0.25, 0.3) is 21.7 Å². The topological polar surface area (TPSA) is 113 Å². The average molecular weight is 515 g/mol. The summed E-state index contributed by atoms with van der Waals surface area (Å²) >= 11 is 6.39. The van der Waals surface area contributed by atoms with Gasteiger partial charge in [0, 0.05) is 23.2 Å². The lowest BCUT2D eigenvalue weighted by molar-refractivity contribution is -0.117. The van der Waals surface area contributed by atoms with Gasteiger partial charge >= 0.3 is 0 Å². The van der Waals surface area contributed by atoms with Gasteiger partial charge in [-0.25, -0.2) is 13.1 Å². The third-order valence-electron chi connectivity index (χ3n) is 5.78. The number of hydrogen-bond donors (Lipinski definition) is 0. The molecule has 182 valence electrons. The highest BCUT2D eigenvalue weighted by molar-refractivity contribution is 7.91. The molecule has 0 bridgehead atoms. The molecule has 2 aromatic carbocycles. The summed E-state index contributed by atoms with van der Waals surface area (Å²) < 4.78 is 31.5. The molecular formula is C24H23ClN4O5S. The number of aromatic nitrogens is 4. The Labute approximate surface area is 206 Å². The number of ketones is 1. The van der Waals surface area contributed by atoms with E-state index in [1.807, 2.05) is 12.3 Å². The van der Waals surface area contributed by atoms with E-state index in [-0.39, 0.29) is 6.54 Å². The summed E-state index contributed by atoms with van der Waals surface area (Å²) in [7, 11) is -3.51. The van der Waals surface area contributed by atoms with E-state index in [2.05, 4.69) is 10.2 Å². The summed E-state index contributed by atoms with van der Waals surface area (Å²) in [6, 6.07) is 10.6. The summed E-state index contributed by atoms with van der Waals surface area (Å²) in [6.45, 7) is 0.447. The smallest absolute Gasteiger partial charge is 0.275 e. The van der Waals surface area contributed by atoms with E-state index in [9.17, 15) is 18.0 Å². The van der Waals surface area contributed by atoms with Crippen LogP contribution in [-0.2, 0) is 27.7 Å². The van der Waals surface area contributed by atoms with E-state index in [4.69, 9.17) is 16.3 Å². The maximum absolute atomic E-state index is 12.9. The monoisotopic (exact) mass is 514 g/mol. The van der Waals surface area contributed by atoms with Crippen molar-refractivity contribution in [3.8, 4) is 5.75 Å². The number of halogens is 1. The van der Waals surface area contributed by atoms with Gasteiger partial charge < -0.3 is 4.74 Å². The Kier molecular flexibility index (Phi) is 6.10. The van der Waals surface area contributed by atoms with Crippen molar-refractivity contribution in [1.82, 2.24) is 19.6 Å². The second-order valence-electron chi connectivity index (χ2n) is 8.99. The molecule has 11 heteroatoms. The van der Waals surface area contributed by atoms with Crippen LogP contribution in [0.3, 0.4) is 0 Å². The highest BCUT2D eigenvalue weighted by Gasteiger charge is 2.22. The first kappa shape index (κ1) is 23.5. The van der Waals surface area contributed by atoms with Crippen LogP contribution in [0, 0.1) is 5.92 Å². The van der Waals surface area contributed by atoms with Gasteiger partial charge in [0.2, 0.25) is 0 Å². The molecule has 2 heterocycles. The van der Waals surface area contributed by atoms with Crippen LogP contribution < -0.4 is 10.3 Å². The van der Waals surface area contributed by atoms with Crippen LogP contribution in [0.1, 0.15) is 18.5 Å². The minimum absolute atomic E-state index is 0.228. The molecule has 0 saturated heterocycles. The number of benzene rings is 2. The Morgan fingerprint density at radius 1 is 1.17 bits per heavy atom. The van der Waals surface area contributed by atoms with E-state index < -0.39 is 33.5 Å². The normalized spacial score (nSPS) is 14.0. The second kappa shape index (κ2) is 9.09. The Hall–Kier alpha value is -3.24. The van der Waals surface area contributed by atoms with Gasteiger partial charge in [-0.2, -0.15) is 10.2 Å². The SMILES string of the molecule is CS(=O)(=O)CC(=O)Cn1nc(Cn2cc3cc(OCC4CC4)c(Cl)cc3n2)c2ccccc2c1=O. The molecule has 2 aromatic heterocycles. The maximum atomic E-state index is 12.9. The van der Waals surface area contributed by atoms with Crippen molar-refractivity contribution in [1.29, 1.82) is 0 Å². The number of Topliss-reactive ketones (excluding diaryl/α,β-unsaturated/α-hetero) is 1. The van der Waals surface area contributed by atoms with Crippen molar-refractivity contribution >= 4 is 48.9 Å². The molecule has 35 heavy (non-hydrogen) atoms. The van der Waals surface area contributed by atoms with Gasteiger partial charge in [-0.3, -0.25) is 14.3 Å². The molecule has 9 nitrogen and oxygen atoms in total. The van der Waals surface area contributed by atoms with E-state index in [0.29, 0.717) is 45.3 Å². The van der Waals surface area contributed by atoms with Gasteiger partial charge in [0.15, 0.2) is 15.6 Å². The zero-order valence-corrected chi connectivity index (χ0v) is 20.6. The lowest BCUT2D eigenvalue weighted by Gasteiger charge is -2.10. The van der Waals surface area contributed by atoms with Gasteiger partial charge in [-0.05, 0) is 37.0 Å². The first-order valence-electron chi connectivity index (χ1n) is 11.1. The molecule has 1 aliphatic carbocycles. The van der Waals surface area contributed by atoms with Gasteiger partial charge in [0.05, 0.1) is 34.8 Å². The highest BCUT2D eigenvalue weighted by Crippen LogP contribution is 2.33. The fraction of sp³-hybridized carbons (Fsp3) is 0.333. The molecule has 1 aliphatic rings. The summed E-state index contributed by atoms with van der Waals surface area (Å²) in [5.41, 5.74) is 0.757. The number of hydrogen-bond acceptors (Lipinski definition) is 7. The van der Waals surface area contributed by atoms with Crippen molar-refractivity contribution in [3.05, 3.63) is 63.7 Å². The van der Waals surface area contributed by atoms with Crippen molar-refractivity contribution < 1.29 is 17.9 Å². The molecule has 0 atom stereocenters. The second-order valence-corrected chi connectivity index (χ2v) is 11.5. The van der Waals surface area contributed by atoms with E-state index >= 15 is 0 Å². The number of sulfone groups is 1. The van der Waals surface area contributed by atoms with Crippen LogP contribution in [0.15, 0.2) is 47.4 Å². The molecule has 0 aliphatic heterocycles. The molecule has 0 unspecified atom stereocenters. The molecule has 0 spiro atoms. The van der Waals surface area contributed by atoms with Crippen molar-refractivity contribution in [2.24, 2.45) is 5.92 Å². The minimum Gasteiger partial charge on any atom is -0.492 e. The van der Waals surface area contributed by atoms with Crippen LogP contribution in [0.2, 0.25) is 5.02 Å². The van der Waals surface area contributed by atoms with Gasteiger partial charge in [0.25, 0.3) is 5.56 Å². The van der Waals surface area contributed by atoms with Gasteiger partial charge in [-0.1, -0.05) is 29.8 Å². The molecule has 5 rings (SSSR count). The Morgan fingerprint density at radius 2 is 1.91 bits per heavy atom. The molecule has 4 aromatic rings. The predicted octanol–water partition coefficient (Wildman–Crippen LogP) is 2.85. The third-order valence-corrected chi connectivity index (χ3v) is 6.92. The number of fused-ring (bicyclic) bond motifs is 2. The van der Waals surface area contributed by atoms with Crippen molar-refractivity contribution in [3.63, 3.8) is 0 Å². The van der Waals surface area contributed by atoms with Gasteiger partial charge in [0.1, 0.15) is 18.0 Å². The lowest BCUT2D eigenvalue weighted by atomic mass is 10.1. The number of ether oxygens (including phenoxy) is 1. The molecular weight excluding hydrogens is 492 g/mol. The van der Waals surface area contributed by atoms with Gasteiger partial charge in [-0.15, -0.1) is 0 Å². The van der Waals surface area contributed by atoms with Crippen LogP contribution in [-0.4, -0.2) is 52.4 Å². The Bertz CT molecular complexity index is 1620. The van der Waals surface area contributed by atoms with Crippen molar-refractivity contribution in [2.75, 3.05) is 18.6 Å². The summed E-state index contributed by atoms with van der Waals surface area (Å²) in [6.07, 6.45) is 5.18. The van der Waals surface area contributed by atoms with Crippen LogP contribution in [0.4, 0.5) is 0 Å². The zero-order chi connectivity index (χ0) is 24.7. The first-order chi connectivity index (χ1) is 16.7. The van der Waals surface area contributed by atoms with Crippen LogP contribution >= 0.6 is 11.6 Å². The quantitative estimate of drug-likeness (QED) is 0.337. The van der Waals surface area contributed by atoms with Crippen molar-refractivity contribution in [2.45, 2.75) is 25.9 Å². The standard InChI is InChI=1S/C24H23ClN4O5S/c1-35(32,33)14-17(30)11-29-24(31)19-5-3-2-4-18(19)22(27-29)12-28-10-16-8-23(34-13-15-6-7-15)20(25)9-21(16)26-28/h2-5,8-10,15H,6-7,11-14H2,1H3. The fourth-order valence-electron chi connectivity index (χ4n) is 3.95. The molecule has 0 radical (unpaired) electrons. The Morgan fingerprint density at radius 3 is 2.63 bits per heavy atom. The largest absolute Gasteiger partial charge is 0.492 e. The number of carbonyl (C=O) groups excluding carboxylic acids is 1. The number of carbonyl (C=O) groups is 1. The molecule has 0 N–H and O–H groups in total. The average Bonchev–Trinajstić information content (AvgIpc) is 3.53. The lowest BCUT2D eigenvalue weighted by Crippen LogP contribution is -2.30. The Balaban J connectivity index is 1.48. The fourth-order valence-corrected chi connectivity index (χ4v) is 4.84. The minimum atomic E-state index is -3.51. The number of rotatable bonds is 9. The molecule has 1 fully saturated rings. The number of nitrogens with zero attached hydrogens (tertiary/aromatic N) is 4. The highest BCUT2D eigenvalue weighted by atomic mass is 35.5. The molecule has 0 amide bonds. The molecule has 1 saturated carbocycles. The van der Waals surface area contributed by atoms with Crippen LogP contribution in [0.5, 0.6) is 5.75 Å².